The molecule has 0 aliphatic carbocycles. The monoisotopic (exact) mass is 360 g/mol. The maximum absolute atomic E-state index is 12.1. The fraction of sp³-hybridized carbons (Fsp3) is 0.438. The Labute approximate surface area is 137 Å². The summed E-state index contributed by atoms with van der Waals surface area (Å²) in [6, 6.07) is 4.22. The molecule has 2 aromatic heterocycles. The van der Waals surface area contributed by atoms with Crippen LogP contribution in [0.5, 0.6) is 0 Å². The van der Waals surface area contributed by atoms with Crippen molar-refractivity contribution in [1.29, 1.82) is 0 Å². The topological polar surface area (TPSA) is 58.1 Å². The number of hydrogen-bond acceptors (Lipinski definition) is 4. The summed E-state index contributed by atoms with van der Waals surface area (Å²) in [4.78, 5) is 23.4. The van der Waals surface area contributed by atoms with E-state index in [-0.39, 0.29) is 11.9 Å². The molecular weight excluding hydrogens is 344 g/mol. The van der Waals surface area contributed by atoms with E-state index in [2.05, 4.69) is 37.2 Å². The molecule has 0 radical (unpaired) electrons. The minimum absolute atomic E-state index is 0.0123. The molecule has 1 amide bonds. The molecule has 114 valence electrons. The summed E-state index contributed by atoms with van der Waals surface area (Å²) in [5.74, 6) is 0.174. The molecule has 0 aromatic carbocycles. The van der Waals surface area contributed by atoms with E-state index in [0.29, 0.717) is 0 Å². The van der Waals surface area contributed by atoms with Gasteiger partial charge in [-0.3, -0.25) is 9.69 Å². The van der Waals surface area contributed by atoms with Crippen LogP contribution in [-0.4, -0.2) is 39.9 Å². The quantitative estimate of drug-likeness (QED) is 0.845. The van der Waals surface area contributed by atoms with Crippen molar-refractivity contribution in [1.82, 2.24) is 20.2 Å². The molecule has 4 rings (SSSR count). The Balaban J connectivity index is 1.66. The highest BCUT2D eigenvalue weighted by molar-refractivity contribution is 9.10. The minimum Gasteiger partial charge on any atom is -0.355 e. The van der Waals surface area contributed by atoms with E-state index in [4.69, 9.17) is 4.98 Å². The maximum Gasteiger partial charge on any atom is 0.237 e. The number of amides is 1. The van der Waals surface area contributed by atoms with Gasteiger partial charge in [-0.25, -0.2) is 9.97 Å². The van der Waals surface area contributed by atoms with E-state index in [1.807, 2.05) is 6.07 Å². The number of carbonyl (C=O) groups excluding carboxylic acids is 1. The smallest absolute Gasteiger partial charge is 0.237 e. The molecule has 5 nitrogen and oxygen atoms in total. The van der Waals surface area contributed by atoms with Crippen LogP contribution in [0, 0.1) is 0 Å². The number of fused-ring (bicyclic) bond motifs is 2. The summed E-state index contributed by atoms with van der Waals surface area (Å²) in [5.41, 5.74) is 3.14. The van der Waals surface area contributed by atoms with Crippen LogP contribution in [0.4, 0.5) is 0 Å². The number of halogens is 1. The number of pyridine rings is 2. The fourth-order valence-electron chi connectivity index (χ4n) is 3.39. The molecule has 1 saturated heterocycles. The number of carbonyl (C=O) groups is 1. The highest BCUT2D eigenvalue weighted by Crippen LogP contribution is 2.26. The van der Waals surface area contributed by atoms with Crippen molar-refractivity contribution in [3.63, 3.8) is 0 Å². The van der Waals surface area contributed by atoms with E-state index >= 15 is 0 Å². The lowest BCUT2D eigenvalue weighted by molar-refractivity contribution is -0.128. The standard InChI is InChI=1S/C16H17BrN4O/c17-12-7-10-6-11-9-21(14-2-1-4-18-16(14)22)5-3-13(11)20-15(10)19-8-12/h6-8,14H,1-5,9H2,(H,18,22). The van der Waals surface area contributed by atoms with Crippen LogP contribution >= 0.6 is 15.9 Å². The molecule has 0 bridgehead atoms. The number of aromatic nitrogens is 2. The fourth-order valence-corrected chi connectivity index (χ4v) is 3.74. The number of hydrogen-bond donors (Lipinski definition) is 1. The molecule has 2 aromatic rings. The Kier molecular flexibility index (Phi) is 3.58. The van der Waals surface area contributed by atoms with Crippen molar-refractivity contribution in [3.05, 3.63) is 34.1 Å². The van der Waals surface area contributed by atoms with Crippen LogP contribution in [0.15, 0.2) is 22.8 Å². The number of rotatable bonds is 1. The predicted octanol–water partition coefficient (Wildman–Crippen LogP) is 2.03. The van der Waals surface area contributed by atoms with Gasteiger partial charge in [0.15, 0.2) is 5.65 Å². The first-order valence-electron chi connectivity index (χ1n) is 7.66. The van der Waals surface area contributed by atoms with Gasteiger partial charge in [0.25, 0.3) is 0 Å². The zero-order valence-corrected chi connectivity index (χ0v) is 13.8. The Morgan fingerprint density at radius 1 is 1.36 bits per heavy atom. The van der Waals surface area contributed by atoms with Crippen LogP contribution in [0.25, 0.3) is 11.0 Å². The van der Waals surface area contributed by atoms with Gasteiger partial charge in [0.1, 0.15) is 0 Å². The van der Waals surface area contributed by atoms with Crippen LogP contribution in [0.1, 0.15) is 24.1 Å². The summed E-state index contributed by atoms with van der Waals surface area (Å²) in [6.07, 6.45) is 4.68. The molecule has 22 heavy (non-hydrogen) atoms. The lowest BCUT2D eigenvalue weighted by Gasteiger charge is -2.36. The second-order valence-corrected chi connectivity index (χ2v) is 6.88. The lowest BCUT2D eigenvalue weighted by Crippen LogP contribution is -2.51. The Morgan fingerprint density at radius 2 is 2.27 bits per heavy atom. The van der Waals surface area contributed by atoms with Gasteiger partial charge in [-0.2, -0.15) is 0 Å². The zero-order valence-electron chi connectivity index (χ0n) is 12.2. The summed E-state index contributed by atoms with van der Waals surface area (Å²) >= 11 is 3.46. The maximum atomic E-state index is 12.1. The third-order valence-corrected chi connectivity index (χ3v) is 4.94. The molecule has 1 unspecified atom stereocenters. The van der Waals surface area contributed by atoms with Crippen molar-refractivity contribution >= 4 is 32.9 Å². The largest absolute Gasteiger partial charge is 0.355 e. The molecule has 1 fully saturated rings. The average Bonchev–Trinajstić information content (AvgIpc) is 2.53. The molecule has 0 spiro atoms. The SMILES string of the molecule is O=C1NCCCC1N1CCc2nc3ncc(Br)cc3cc2C1. The predicted molar refractivity (Wildman–Crippen MR) is 87.4 cm³/mol. The van der Waals surface area contributed by atoms with E-state index < -0.39 is 0 Å². The van der Waals surface area contributed by atoms with Gasteiger partial charge in [-0.05, 0) is 46.5 Å². The van der Waals surface area contributed by atoms with Crippen molar-refractivity contribution in [3.8, 4) is 0 Å². The number of nitrogens with zero attached hydrogens (tertiary/aromatic N) is 3. The minimum atomic E-state index is 0.0123. The molecular formula is C16H17BrN4O. The summed E-state index contributed by atoms with van der Waals surface area (Å²) in [5, 5.41) is 4.02. The van der Waals surface area contributed by atoms with Gasteiger partial charge in [0.05, 0.1) is 6.04 Å². The summed E-state index contributed by atoms with van der Waals surface area (Å²) in [7, 11) is 0. The normalized spacial score (nSPS) is 22.4. The van der Waals surface area contributed by atoms with Gasteiger partial charge in [-0.1, -0.05) is 0 Å². The second-order valence-electron chi connectivity index (χ2n) is 5.96. The Bertz CT molecular complexity index is 748. The third-order valence-electron chi connectivity index (χ3n) is 4.51. The van der Waals surface area contributed by atoms with Crippen molar-refractivity contribution in [2.75, 3.05) is 13.1 Å². The first kappa shape index (κ1) is 14.1. The van der Waals surface area contributed by atoms with Gasteiger partial charge in [-0.15, -0.1) is 0 Å². The van der Waals surface area contributed by atoms with Crippen molar-refractivity contribution in [2.45, 2.75) is 31.8 Å². The average molecular weight is 361 g/mol. The van der Waals surface area contributed by atoms with Crippen LogP contribution < -0.4 is 5.32 Å². The molecule has 2 aliphatic rings. The first-order valence-corrected chi connectivity index (χ1v) is 8.46. The van der Waals surface area contributed by atoms with Crippen LogP contribution in [-0.2, 0) is 17.8 Å². The molecule has 0 saturated carbocycles. The number of nitrogens with one attached hydrogen (secondary N) is 1. The third kappa shape index (κ3) is 2.50. The molecule has 1 atom stereocenters. The van der Waals surface area contributed by atoms with E-state index in [0.717, 1.165) is 60.1 Å². The molecule has 1 N–H and O–H groups in total. The van der Waals surface area contributed by atoms with Crippen molar-refractivity contribution in [2.24, 2.45) is 0 Å². The van der Waals surface area contributed by atoms with E-state index in [1.54, 1.807) is 6.20 Å². The van der Waals surface area contributed by atoms with Gasteiger partial charge in [0.2, 0.25) is 5.91 Å². The van der Waals surface area contributed by atoms with Crippen molar-refractivity contribution < 1.29 is 4.79 Å². The number of piperidine rings is 1. The molecule has 6 heteroatoms. The van der Waals surface area contributed by atoms with E-state index in [1.165, 1.54) is 5.56 Å². The van der Waals surface area contributed by atoms with Gasteiger partial charge < -0.3 is 5.32 Å². The van der Waals surface area contributed by atoms with E-state index in [9.17, 15) is 4.79 Å². The highest BCUT2D eigenvalue weighted by Gasteiger charge is 2.31. The van der Waals surface area contributed by atoms with Crippen LogP contribution in [0.2, 0.25) is 0 Å². The summed E-state index contributed by atoms with van der Waals surface area (Å²) < 4.78 is 0.959. The second kappa shape index (κ2) is 5.59. The summed E-state index contributed by atoms with van der Waals surface area (Å²) in [6.45, 7) is 2.49. The molecule has 2 aliphatic heterocycles. The molecule has 4 heterocycles. The first-order chi connectivity index (χ1) is 10.7. The van der Waals surface area contributed by atoms with Gasteiger partial charge in [0, 0.05) is 47.8 Å². The Hall–Kier alpha value is -1.53. The van der Waals surface area contributed by atoms with Gasteiger partial charge >= 0.3 is 0 Å². The lowest BCUT2D eigenvalue weighted by atomic mass is 9.98. The zero-order chi connectivity index (χ0) is 15.1. The van der Waals surface area contributed by atoms with Crippen LogP contribution in [0.3, 0.4) is 0 Å². The highest BCUT2D eigenvalue weighted by atomic mass is 79.9. The Morgan fingerprint density at radius 3 is 3.14 bits per heavy atom.